The van der Waals surface area contributed by atoms with Crippen LogP contribution in [0.2, 0.25) is 0 Å². The summed E-state index contributed by atoms with van der Waals surface area (Å²) in [6.45, 7) is 0. The molecule has 1 atom stereocenters. The highest BCUT2D eigenvalue weighted by atomic mass is 16.4. The predicted octanol–water partition coefficient (Wildman–Crippen LogP) is -0.815. The molecule has 0 bridgehead atoms. The molecule has 1 aromatic rings. The second-order valence-electron chi connectivity index (χ2n) is 3.50. The molecule has 0 spiro atoms. The van der Waals surface area contributed by atoms with Crippen LogP contribution in [-0.4, -0.2) is 39.6 Å². The van der Waals surface area contributed by atoms with Gasteiger partial charge in [-0.05, 0) is 0 Å². The van der Waals surface area contributed by atoms with Gasteiger partial charge in [0.25, 0.3) is 0 Å². The topological polar surface area (TPSA) is 101 Å². The number of aryl methyl sites for hydroxylation is 1. The van der Waals surface area contributed by atoms with Crippen LogP contribution >= 0.6 is 0 Å². The van der Waals surface area contributed by atoms with Gasteiger partial charge in [-0.1, -0.05) is 0 Å². The van der Waals surface area contributed by atoms with Crippen molar-refractivity contribution in [2.75, 3.05) is 11.9 Å². The number of nitrogens with zero attached hydrogens (tertiary/aromatic N) is 3. The van der Waals surface area contributed by atoms with E-state index in [2.05, 4.69) is 4.98 Å². The molecule has 0 aliphatic heterocycles. The zero-order chi connectivity index (χ0) is 12.3. The first-order chi connectivity index (χ1) is 7.41. The monoisotopic (exact) mass is 226 g/mol. The van der Waals surface area contributed by atoms with E-state index in [0.717, 1.165) is 0 Å². The summed E-state index contributed by atoms with van der Waals surface area (Å²) in [6, 6.07) is -1.18. The number of carbonyl (C=O) groups excluding carboxylic acids is 1. The molecule has 1 amide bonds. The molecule has 0 fully saturated rings. The van der Waals surface area contributed by atoms with E-state index in [4.69, 9.17) is 10.8 Å². The fourth-order valence-corrected chi connectivity index (χ4v) is 1.11. The normalized spacial score (nSPS) is 12.2. The Labute approximate surface area is 92.5 Å². The number of nitrogens with two attached hydrogens (primary N) is 1. The van der Waals surface area contributed by atoms with Gasteiger partial charge in [0, 0.05) is 20.3 Å². The Balaban J connectivity index is 2.64. The standard InChI is InChI=1S/C9H14N4O3/c1-12-4-7(11-5-12)13(2)8(14)3-6(10)9(15)16/h4-6H,3,10H2,1-2H3,(H,15,16). The van der Waals surface area contributed by atoms with E-state index < -0.39 is 12.0 Å². The lowest BCUT2D eigenvalue weighted by Gasteiger charge is -2.15. The van der Waals surface area contributed by atoms with Gasteiger partial charge >= 0.3 is 5.97 Å². The first-order valence-electron chi connectivity index (χ1n) is 4.64. The molecular weight excluding hydrogens is 212 g/mol. The number of hydrogen-bond acceptors (Lipinski definition) is 4. The number of carbonyl (C=O) groups is 2. The van der Waals surface area contributed by atoms with E-state index in [1.807, 2.05) is 0 Å². The molecule has 0 saturated carbocycles. The summed E-state index contributed by atoms with van der Waals surface area (Å²) < 4.78 is 1.69. The van der Waals surface area contributed by atoms with Crippen LogP contribution in [0.5, 0.6) is 0 Å². The van der Waals surface area contributed by atoms with Gasteiger partial charge in [-0.15, -0.1) is 0 Å². The third-order valence-electron chi connectivity index (χ3n) is 2.12. The Morgan fingerprint density at radius 3 is 2.75 bits per heavy atom. The minimum Gasteiger partial charge on any atom is -0.480 e. The Hall–Kier alpha value is -1.89. The van der Waals surface area contributed by atoms with E-state index in [-0.39, 0.29) is 12.3 Å². The van der Waals surface area contributed by atoms with E-state index in [1.165, 1.54) is 11.9 Å². The molecule has 0 saturated heterocycles. The highest BCUT2D eigenvalue weighted by molar-refractivity contribution is 5.94. The number of anilines is 1. The van der Waals surface area contributed by atoms with Crippen molar-refractivity contribution in [1.29, 1.82) is 0 Å². The van der Waals surface area contributed by atoms with Crippen molar-refractivity contribution in [2.24, 2.45) is 12.8 Å². The highest BCUT2D eigenvalue weighted by Crippen LogP contribution is 2.09. The summed E-state index contributed by atoms with van der Waals surface area (Å²) in [7, 11) is 3.30. The van der Waals surface area contributed by atoms with E-state index in [1.54, 1.807) is 24.1 Å². The maximum absolute atomic E-state index is 11.6. The predicted molar refractivity (Wildman–Crippen MR) is 56.8 cm³/mol. The Morgan fingerprint density at radius 1 is 1.69 bits per heavy atom. The van der Waals surface area contributed by atoms with Crippen LogP contribution in [0.3, 0.4) is 0 Å². The molecule has 1 heterocycles. The summed E-state index contributed by atoms with van der Waals surface area (Å²) in [5, 5.41) is 8.57. The molecule has 3 N–H and O–H groups in total. The molecule has 7 heteroatoms. The van der Waals surface area contributed by atoms with Crippen LogP contribution in [0.25, 0.3) is 0 Å². The molecule has 88 valence electrons. The Bertz CT molecular complexity index is 401. The molecule has 7 nitrogen and oxygen atoms in total. The van der Waals surface area contributed by atoms with Crippen LogP contribution < -0.4 is 10.6 Å². The fraction of sp³-hybridized carbons (Fsp3) is 0.444. The Kier molecular flexibility index (Phi) is 3.62. The van der Waals surface area contributed by atoms with Gasteiger partial charge in [0.2, 0.25) is 5.91 Å². The van der Waals surface area contributed by atoms with Crippen molar-refractivity contribution in [1.82, 2.24) is 9.55 Å². The largest absolute Gasteiger partial charge is 0.480 e. The van der Waals surface area contributed by atoms with E-state index >= 15 is 0 Å². The number of aliphatic carboxylic acids is 1. The maximum Gasteiger partial charge on any atom is 0.321 e. The lowest BCUT2D eigenvalue weighted by Crippen LogP contribution is -2.38. The molecule has 16 heavy (non-hydrogen) atoms. The number of carboxylic acids is 1. The minimum atomic E-state index is -1.19. The minimum absolute atomic E-state index is 0.248. The molecule has 0 aliphatic rings. The van der Waals surface area contributed by atoms with E-state index in [9.17, 15) is 9.59 Å². The van der Waals surface area contributed by atoms with Gasteiger partial charge in [0.15, 0.2) is 5.82 Å². The second kappa shape index (κ2) is 4.75. The van der Waals surface area contributed by atoms with Gasteiger partial charge in [-0.2, -0.15) is 0 Å². The second-order valence-corrected chi connectivity index (χ2v) is 3.50. The lowest BCUT2D eigenvalue weighted by molar-refractivity contribution is -0.140. The maximum atomic E-state index is 11.6. The van der Waals surface area contributed by atoms with E-state index in [0.29, 0.717) is 5.82 Å². The lowest BCUT2D eigenvalue weighted by atomic mass is 10.2. The first kappa shape index (κ1) is 12.2. The van der Waals surface area contributed by atoms with Crippen molar-refractivity contribution in [3.05, 3.63) is 12.5 Å². The zero-order valence-electron chi connectivity index (χ0n) is 9.12. The number of hydrogen-bond donors (Lipinski definition) is 2. The third-order valence-corrected chi connectivity index (χ3v) is 2.12. The molecule has 0 aromatic carbocycles. The third kappa shape index (κ3) is 2.80. The zero-order valence-corrected chi connectivity index (χ0v) is 9.12. The van der Waals surface area contributed by atoms with Crippen LogP contribution in [-0.2, 0) is 16.6 Å². The summed E-state index contributed by atoms with van der Waals surface area (Å²) in [5.41, 5.74) is 5.27. The van der Waals surface area contributed by atoms with Crippen molar-refractivity contribution >= 4 is 17.7 Å². The average Bonchev–Trinajstić information content (AvgIpc) is 2.63. The number of rotatable bonds is 4. The summed E-state index contributed by atoms with van der Waals surface area (Å²) in [5.74, 6) is -1.11. The van der Waals surface area contributed by atoms with Gasteiger partial charge < -0.3 is 15.4 Å². The average molecular weight is 226 g/mol. The van der Waals surface area contributed by atoms with Gasteiger partial charge in [-0.25, -0.2) is 4.98 Å². The van der Waals surface area contributed by atoms with Crippen LogP contribution in [0.15, 0.2) is 12.5 Å². The number of imidazole rings is 1. The fourth-order valence-electron chi connectivity index (χ4n) is 1.11. The van der Waals surface area contributed by atoms with Crippen LogP contribution in [0, 0.1) is 0 Å². The van der Waals surface area contributed by atoms with Crippen LogP contribution in [0.1, 0.15) is 6.42 Å². The number of carboxylic acid groups (broad SMARTS) is 1. The molecule has 0 aliphatic carbocycles. The molecular formula is C9H14N4O3. The SMILES string of the molecule is CN(C(=O)CC(N)C(=O)O)c1cn(C)cn1. The highest BCUT2D eigenvalue weighted by Gasteiger charge is 2.20. The molecule has 1 rings (SSSR count). The van der Waals surface area contributed by atoms with Crippen molar-refractivity contribution in [2.45, 2.75) is 12.5 Å². The van der Waals surface area contributed by atoms with Crippen molar-refractivity contribution in [3.8, 4) is 0 Å². The summed E-state index contributed by atoms with van der Waals surface area (Å²) in [4.78, 5) is 27.3. The van der Waals surface area contributed by atoms with Crippen molar-refractivity contribution < 1.29 is 14.7 Å². The number of amides is 1. The number of aromatic nitrogens is 2. The summed E-state index contributed by atoms with van der Waals surface area (Å²) in [6.07, 6.45) is 2.96. The summed E-state index contributed by atoms with van der Waals surface area (Å²) >= 11 is 0. The quantitative estimate of drug-likeness (QED) is 0.698. The van der Waals surface area contributed by atoms with Gasteiger partial charge in [0.05, 0.1) is 12.7 Å². The Morgan fingerprint density at radius 2 is 2.31 bits per heavy atom. The van der Waals surface area contributed by atoms with Crippen molar-refractivity contribution in [3.63, 3.8) is 0 Å². The molecule has 1 unspecified atom stereocenters. The smallest absolute Gasteiger partial charge is 0.321 e. The van der Waals surface area contributed by atoms with Gasteiger partial charge in [-0.3, -0.25) is 14.5 Å². The first-order valence-corrected chi connectivity index (χ1v) is 4.64. The van der Waals surface area contributed by atoms with Crippen LogP contribution in [0.4, 0.5) is 5.82 Å². The molecule has 1 aromatic heterocycles. The molecule has 0 radical (unpaired) electrons. The van der Waals surface area contributed by atoms with Gasteiger partial charge in [0.1, 0.15) is 6.04 Å².